The van der Waals surface area contributed by atoms with E-state index in [9.17, 15) is 0 Å². The molecule has 0 atom stereocenters. The summed E-state index contributed by atoms with van der Waals surface area (Å²) in [7, 11) is 1.70. The number of anilines is 1. The van der Waals surface area contributed by atoms with Crippen LogP contribution in [-0.2, 0) is 4.74 Å². The number of aryl methyl sites for hydroxylation is 1. The van der Waals surface area contributed by atoms with E-state index in [1.165, 1.54) is 0 Å². The van der Waals surface area contributed by atoms with Gasteiger partial charge in [0.05, 0.1) is 17.6 Å². The first-order chi connectivity index (χ1) is 8.91. The second-order valence-electron chi connectivity index (χ2n) is 5.03. The Kier molecular flexibility index (Phi) is 3.91. The zero-order chi connectivity index (χ0) is 14.0. The second kappa shape index (κ2) is 5.30. The first-order valence-electron chi connectivity index (χ1n) is 6.13. The number of methoxy groups -OCH3 is 1. The molecular formula is C13H19N3O2S. The average molecular weight is 281 g/mol. The van der Waals surface area contributed by atoms with Crippen LogP contribution in [0.4, 0.5) is 5.95 Å². The maximum absolute atomic E-state index is 5.75. The van der Waals surface area contributed by atoms with Gasteiger partial charge in [0.2, 0.25) is 11.8 Å². The van der Waals surface area contributed by atoms with E-state index in [0.29, 0.717) is 12.5 Å². The second-order valence-corrected chi connectivity index (χ2v) is 6.26. The van der Waals surface area contributed by atoms with Crippen molar-refractivity contribution >= 4 is 27.5 Å². The van der Waals surface area contributed by atoms with Crippen LogP contribution < -0.4 is 10.5 Å². The molecule has 6 heteroatoms. The molecule has 0 saturated carbocycles. The Balaban J connectivity index is 2.16. The van der Waals surface area contributed by atoms with Gasteiger partial charge in [-0.2, -0.15) is 4.98 Å². The smallest absolute Gasteiger partial charge is 0.227 e. The Hall–Kier alpha value is -1.40. The molecule has 5 nitrogen and oxygen atoms in total. The summed E-state index contributed by atoms with van der Waals surface area (Å²) >= 11 is 1.59. The lowest BCUT2D eigenvalue weighted by atomic mass is 10.1. The summed E-state index contributed by atoms with van der Waals surface area (Å²) in [6, 6.07) is 2.02. The molecule has 0 radical (unpaired) electrons. The molecule has 2 aromatic heterocycles. The lowest BCUT2D eigenvalue weighted by Crippen LogP contribution is -2.25. The molecule has 0 saturated heterocycles. The molecular weight excluding hydrogens is 262 g/mol. The van der Waals surface area contributed by atoms with Gasteiger partial charge >= 0.3 is 0 Å². The quantitative estimate of drug-likeness (QED) is 0.912. The number of aromatic nitrogens is 2. The van der Waals surface area contributed by atoms with Crippen molar-refractivity contribution in [2.45, 2.75) is 32.8 Å². The number of hydrogen-bond acceptors (Lipinski definition) is 6. The zero-order valence-electron chi connectivity index (χ0n) is 11.7. The average Bonchev–Trinajstić information content (AvgIpc) is 2.69. The van der Waals surface area contributed by atoms with Crippen molar-refractivity contribution in [3.8, 4) is 5.88 Å². The Morgan fingerprint density at radius 2 is 2.11 bits per heavy atom. The highest BCUT2D eigenvalue weighted by Crippen LogP contribution is 2.30. The van der Waals surface area contributed by atoms with Gasteiger partial charge in [0.15, 0.2) is 0 Å². The highest BCUT2D eigenvalue weighted by molar-refractivity contribution is 7.18. The van der Waals surface area contributed by atoms with Gasteiger partial charge in [0, 0.05) is 18.4 Å². The molecule has 2 heterocycles. The predicted molar refractivity (Wildman–Crippen MR) is 77.8 cm³/mol. The van der Waals surface area contributed by atoms with Crippen LogP contribution in [0.15, 0.2) is 6.07 Å². The summed E-state index contributed by atoms with van der Waals surface area (Å²) in [6.07, 6.45) is 0.776. The number of nitrogen functional groups attached to an aromatic ring is 1. The van der Waals surface area contributed by atoms with Crippen LogP contribution in [0.1, 0.15) is 25.1 Å². The molecule has 2 N–H and O–H groups in total. The maximum Gasteiger partial charge on any atom is 0.227 e. The van der Waals surface area contributed by atoms with Gasteiger partial charge in [-0.3, -0.25) is 0 Å². The Morgan fingerprint density at radius 1 is 1.37 bits per heavy atom. The molecule has 0 bridgehead atoms. The third-order valence-corrected chi connectivity index (χ3v) is 3.94. The number of nitrogens with zero attached hydrogens (tertiary/aromatic N) is 2. The summed E-state index contributed by atoms with van der Waals surface area (Å²) in [4.78, 5) is 10.4. The molecule has 0 amide bonds. The maximum atomic E-state index is 5.75. The molecule has 0 aliphatic carbocycles. The van der Waals surface area contributed by atoms with Crippen molar-refractivity contribution in [1.82, 2.24) is 9.97 Å². The topological polar surface area (TPSA) is 70.3 Å². The number of thiophene rings is 1. The lowest BCUT2D eigenvalue weighted by molar-refractivity contribution is 0.00523. The van der Waals surface area contributed by atoms with Crippen LogP contribution >= 0.6 is 11.3 Å². The fraction of sp³-hybridized carbons (Fsp3) is 0.538. The van der Waals surface area contributed by atoms with Gasteiger partial charge in [0.25, 0.3) is 0 Å². The molecule has 0 fully saturated rings. The van der Waals surface area contributed by atoms with Gasteiger partial charge in [-0.1, -0.05) is 0 Å². The van der Waals surface area contributed by atoms with E-state index < -0.39 is 0 Å². The molecule has 2 aromatic rings. The van der Waals surface area contributed by atoms with Crippen molar-refractivity contribution in [2.75, 3.05) is 19.5 Å². The minimum Gasteiger partial charge on any atom is -0.477 e. The van der Waals surface area contributed by atoms with Gasteiger partial charge < -0.3 is 15.2 Å². The van der Waals surface area contributed by atoms with Crippen LogP contribution in [0.3, 0.4) is 0 Å². The SMILES string of the molecule is COC(C)(C)CCOc1nc(N)nc2sc(C)cc12. The lowest BCUT2D eigenvalue weighted by Gasteiger charge is -2.22. The van der Waals surface area contributed by atoms with Crippen LogP contribution in [0, 0.1) is 6.92 Å². The molecule has 2 rings (SSSR count). The number of fused-ring (bicyclic) bond motifs is 1. The van der Waals surface area contributed by atoms with E-state index in [2.05, 4.69) is 9.97 Å². The third-order valence-electron chi connectivity index (χ3n) is 2.99. The molecule has 19 heavy (non-hydrogen) atoms. The van der Waals surface area contributed by atoms with Gasteiger partial charge in [-0.25, -0.2) is 4.98 Å². The van der Waals surface area contributed by atoms with Crippen molar-refractivity contribution in [1.29, 1.82) is 0 Å². The highest BCUT2D eigenvalue weighted by Gasteiger charge is 2.17. The van der Waals surface area contributed by atoms with E-state index in [-0.39, 0.29) is 11.5 Å². The van der Waals surface area contributed by atoms with Gasteiger partial charge in [-0.15, -0.1) is 11.3 Å². The van der Waals surface area contributed by atoms with Gasteiger partial charge in [-0.05, 0) is 26.8 Å². The largest absolute Gasteiger partial charge is 0.477 e. The summed E-state index contributed by atoms with van der Waals surface area (Å²) in [5.74, 6) is 0.800. The van der Waals surface area contributed by atoms with E-state index >= 15 is 0 Å². The normalized spacial score (nSPS) is 12.0. The van der Waals surface area contributed by atoms with Crippen molar-refractivity contribution in [3.05, 3.63) is 10.9 Å². The molecule has 0 unspecified atom stereocenters. The van der Waals surface area contributed by atoms with E-state index in [1.807, 2.05) is 26.8 Å². The first kappa shape index (κ1) is 14.0. The molecule has 104 valence electrons. The Morgan fingerprint density at radius 3 is 2.79 bits per heavy atom. The predicted octanol–water partition coefficient (Wildman–Crippen LogP) is 2.78. The zero-order valence-corrected chi connectivity index (χ0v) is 12.5. The number of nitrogens with two attached hydrogens (primary N) is 1. The van der Waals surface area contributed by atoms with Crippen molar-refractivity contribution in [2.24, 2.45) is 0 Å². The van der Waals surface area contributed by atoms with E-state index in [4.69, 9.17) is 15.2 Å². The van der Waals surface area contributed by atoms with Crippen LogP contribution in [0.2, 0.25) is 0 Å². The minimum atomic E-state index is -0.206. The molecule has 0 aliphatic heterocycles. The Labute approximate surface area is 116 Å². The number of ether oxygens (including phenoxy) is 2. The monoisotopic (exact) mass is 281 g/mol. The van der Waals surface area contributed by atoms with Gasteiger partial charge in [0.1, 0.15) is 4.83 Å². The first-order valence-corrected chi connectivity index (χ1v) is 6.94. The van der Waals surface area contributed by atoms with Crippen LogP contribution in [-0.4, -0.2) is 29.3 Å². The highest BCUT2D eigenvalue weighted by atomic mass is 32.1. The summed E-state index contributed by atoms with van der Waals surface area (Å²) < 4.78 is 11.1. The fourth-order valence-electron chi connectivity index (χ4n) is 1.64. The van der Waals surface area contributed by atoms with Crippen LogP contribution in [0.5, 0.6) is 5.88 Å². The number of rotatable bonds is 5. The molecule has 0 aromatic carbocycles. The summed E-state index contributed by atoms with van der Waals surface area (Å²) in [5.41, 5.74) is 5.49. The molecule has 0 aliphatic rings. The standard InChI is InChI=1S/C13H19N3O2S/c1-8-7-9-10(15-12(14)16-11(9)19-8)18-6-5-13(2,3)17-4/h7H,5-6H2,1-4H3,(H2,14,15,16). The van der Waals surface area contributed by atoms with Crippen molar-refractivity contribution in [3.63, 3.8) is 0 Å². The van der Waals surface area contributed by atoms with E-state index in [1.54, 1.807) is 18.4 Å². The van der Waals surface area contributed by atoms with E-state index in [0.717, 1.165) is 21.5 Å². The fourth-order valence-corrected chi connectivity index (χ4v) is 2.51. The molecule has 0 spiro atoms. The summed E-state index contributed by atoms with van der Waals surface area (Å²) in [6.45, 7) is 6.60. The van der Waals surface area contributed by atoms with Crippen LogP contribution in [0.25, 0.3) is 10.2 Å². The third kappa shape index (κ3) is 3.33. The summed E-state index contributed by atoms with van der Waals surface area (Å²) in [5, 5.41) is 0.923. The van der Waals surface area contributed by atoms with Crippen molar-refractivity contribution < 1.29 is 9.47 Å². The number of hydrogen-bond donors (Lipinski definition) is 1. The Bertz CT molecular complexity index is 581. The minimum absolute atomic E-state index is 0.206.